The molecule has 0 atom stereocenters. The SMILES string of the molecule is CCN(CC)C(=O)NCc1c(Cl)cccc1OC. The molecule has 0 heterocycles. The molecule has 100 valence electrons. The van der Waals surface area contributed by atoms with Gasteiger partial charge in [0.05, 0.1) is 7.11 Å². The summed E-state index contributed by atoms with van der Waals surface area (Å²) in [5, 5.41) is 3.43. The Labute approximate surface area is 113 Å². The number of methoxy groups -OCH3 is 1. The number of carbonyl (C=O) groups excluding carboxylic acids is 1. The molecule has 0 radical (unpaired) electrons. The molecule has 0 spiro atoms. The van der Waals surface area contributed by atoms with Crippen LogP contribution in [0, 0.1) is 0 Å². The van der Waals surface area contributed by atoms with E-state index in [-0.39, 0.29) is 6.03 Å². The molecule has 0 aliphatic rings. The third-order valence-electron chi connectivity index (χ3n) is 2.76. The quantitative estimate of drug-likeness (QED) is 0.894. The Bertz CT molecular complexity index is 406. The van der Waals surface area contributed by atoms with E-state index in [9.17, 15) is 4.79 Å². The normalized spacial score (nSPS) is 10.0. The van der Waals surface area contributed by atoms with Crippen molar-refractivity contribution in [1.82, 2.24) is 10.2 Å². The summed E-state index contributed by atoms with van der Waals surface area (Å²) >= 11 is 6.09. The number of hydrogen-bond acceptors (Lipinski definition) is 2. The first-order valence-electron chi connectivity index (χ1n) is 5.98. The number of amides is 2. The van der Waals surface area contributed by atoms with Crippen molar-refractivity contribution in [2.75, 3.05) is 20.2 Å². The van der Waals surface area contributed by atoms with Gasteiger partial charge in [-0.15, -0.1) is 0 Å². The maximum absolute atomic E-state index is 11.8. The van der Waals surface area contributed by atoms with Crippen LogP contribution in [-0.2, 0) is 6.54 Å². The van der Waals surface area contributed by atoms with Gasteiger partial charge in [0.1, 0.15) is 5.75 Å². The molecule has 1 rings (SSSR count). The molecular formula is C13H19ClN2O2. The highest BCUT2D eigenvalue weighted by Crippen LogP contribution is 2.25. The summed E-state index contributed by atoms with van der Waals surface area (Å²) in [5.41, 5.74) is 0.794. The van der Waals surface area contributed by atoms with Gasteiger partial charge >= 0.3 is 6.03 Å². The van der Waals surface area contributed by atoms with Crippen molar-refractivity contribution in [3.63, 3.8) is 0 Å². The van der Waals surface area contributed by atoms with E-state index in [1.165, 1.54) is 0 Å². The predicted octanol–water partition coefficient (Wildman–Crippen LogP) is 2.90. The summed E-state index contributed by atoms with van der Waals surface area (Å²) in [7, 11) is 1.58. The largest absolute Gasteiger partial charge is 0.496 e. The van der Waals surface area contributed by atoms with E-state index in [0.717, 1.165) is 5.56 Å². The molecule has 0 unspecified atom stereocenters. The standard InChI is InChI=1S/C13H19ClN2O2/c1-4-16(5-2)13(17)15-9-10-11(14)7-6-8-12(10)18-3/h6-8H,4-5,9H2,1-3H3,(H,15,17). The van der Waals surface area contributed by atoms with Gasteiger partial charge in [-0.2, -0.15) is 0 Å². The minimum atomic E-state index is -0.0954. The van der Waals surface area contributed by atoms with Crippen LogP contribution in [0.4, 0.5) is 4.79 Å². The second-order valence-electron chi connectivity index (χ2n) is 3.75. The van der Waals surface area contributed by atoms with Crippen LogP contribution in [0.15, 0.2) is 18.2 Å². The van der Waals surface area contributed by atoms with E-state index in [1.807, 2.05) is 26.0 Å². The van der Waals surface area contributed by atoms with Gasteiger partial charge in [0.15, 0.2) is 0 Å². The van der Waals surface area contributed by atoms with Gasteiger partial charge in [-0.05, 0) is 26.0 Å². The van der Waals surface area contributed by atoms with Crippen LogP contribution in [0.1, 0.15) is 19.4 Å². The molecule has 4 nitrogen and oxygen atoms in total. The van der Waals surface area contributed by atoms with Crippen LogP contribution >= 0.6 is 11.6 Å². The monoisotopic (exact) mass is 270 g/mol. The highest BCUT2D eigenvalue weighted by Gasteiger charge is 2.12. The molecule has 1 N–H and O–H groups in total. The van der Waals surface area contributed by atoms with Gasteiger partial charge in [0.25, 0.3) is 0 Å². The number of nitrogens with one attached hydrogen (secondary N) is 1. The molecule has 2 amide bonds. The highest BCUT2D eigenvalue weighted by molar-refractivity contribution is 6.31. The Morgan fingerprint density at radius 1 is 1.39 bits per heavy atom. The molecule has 1 aromatic rings. The number of rotatable bonds is 5. The molecule has 0 fully saturated rings. The third-order valence-corrected chi connectivity index (χ3v) is 3.12. The maximum Gasteiger partial charge on any atom is 0.317 e. The number of halogens is 1. The topological polar surface area (TPSA) is 41.6 Å². The van der Waals surface area contributed by atoms with E-state index >= 15 is 0 Å². The summed E-state index contributed by atoms with van der Waals surface area (Å²) in [6.07, 6.45) is 0. The molecule has 18 heavy (non-hydrogen) atoms. The summed E-state index contributed by atoms with van der Waals surface area (Å²) < 4.78 is 5.22. The number of urea groups is 1. The van der Waals surface area contributed by atoms with Crippen molar-refractivity contribution in [1.29, 1.82) is 0 Å². The number of nitrogens with zero attached hydrogens (tertiary/aromatic N) is 1. The lowest BCUT2D eigenvalue weighted by atomic mass is 10.2. The zero-order valence-corrected chi connectivity index (χ0v) is 11.8. The highest BCUT2D eigenvalue weighted by atomic mass is 35.5. The summed E-state index contributed by atoms with van der Waals surface area (Å²) in [4.78, 5) is 13.5. The Morgan fingerprint density at radius 3 is 2.61 bits per heavy atom. The van der Waals surface area contributed by atoms with E-state index in [1.54, 1.807) is 18.1 Å². The number of carbonyl (C=O) groups is 1. The smallest absolute Gasteiger partial charge is 0.317 e. The summed E-state index contributed by atoms with van der Waals surface area (Å²) in [6.45, 7) is 5.61. The maximum atomic E-state index is 11.8. The van der Waals surface area contributed by atoms with Gasteiger partial charge in [-0.3, -0.25) is 0 Å². The predicted molar refractivity (Wildman–Crippen MR) is 73.2 cm³/mol. The van der Waals surface area contributed by atoms with Gasteiger partial charge in [0, 0.05) is 30.2 Å². The van der Waals surface area contributed by atoms with Gasteiger partial charge < -0.3 is 15.0 Å². The van der Waals surface area contributed by atoms with Crippen LogP contribution in [-0.4, -0.2) is 31.1 Å². The molecule has 0 saturated carbocycles. The first kappa shape index (κ1) is 14.6. The zero-order valence-electron chi connectivity index (χ0n) is 11.0. The van der Waals surface area contributed by atoms with Crippen molar-refractivity contribution in [2.24, 2.45) is 0 Å². The van der Waals surface area contributed by atoms with E-state index in [2.05, 4.69) is 5.32 Å². The second kappa shape index (κ2) is 7.11. The molecule has 5 heteroatoms. The Hall–Kier alpha value is -1.42. The Balaban J connectivity index is 2.71. The van der Waals surface area contributed by atoms with Crippen molar-refractivity contribution >= 4 is 17.6 Å². The van der Waals surface area contributed by atoms with Crippen LogP contribution < -0.4 is 10.1 Å². The van der Waals surface area contributed by atoms with Crippen LogP contribution in [0.5, 0.6) is 5.75 Å². The Kier molecular flexibility index (Phi) is 5.78. The number of hydrogen-bond donors (Lipinski definition) is 1. The molecule has 0 aromatic heterocycles. The van der Waals surface area contributed by atoms with E-state index in [4.69, 9.17) is 16.3 Å². The molecule has 0 aliphatic heterocycles. The van der Waals surface area contributed by atoms with Crippen molar-refractivity contribution in [2.45, 2.75) is 20.4 Å². The molecule has 1 aromatic carbocycles. The fraction of sp³-hybridized carbons (Fsp3) is 0.462. The van der Waals surface area contributed by atoms with Crippen LogP contribution in [0.25, 0.3) is 0 Å². The second-order valence-corrected chi connectivity index (χ2v) is 4.16. The molecule has 0 aliphatic carbocycles. The molecule has 0 saturated heterocycles. The number of ether oxygens (including phenoxy) is 1. The number of benzene rings is 1. The molecule has 0 bridgehead atoms. The lowest BCUT2D eigenvalue weighted by Gasteiger charge is -2.20. The van der Waals surface area contributed by atoms with E-state index < -0.39 is 0 Å². The summed E-state index contributed by atoms with van der Waals surface area (Å²) in [5.74, 6) is 0.683. The van der Waals surface area contributed by atoms with Crippen LogP contribution in [0.2, 0.25) is 5.02 Å². The van der Waals surface area contributed by atoms with E-state index in [0.29, 0.717) is 30.4 Å². The van der Waals surface area contributed by atoms with Gasteiger partial charge in [-0.1, -0.05) is 17.7 Å². The third kappa shape index (κ3) is 3.53. The minimum Gasteiger partial charge on any atom is -0.496 e. The Morgan fingerprint density at radius 2 is 2.06 bits per heavy atom. The van der Waals surface area contributed by atoms with Crippen LogP contribution in [0.3, 0.4) is 0 Å². The van der Waals surface area contributed by atoms with Gasteiger partial charge in [0.2, 0.25) is 0 Å². The fourth-order valence-corrected chi connectivity index (χ4v) is 1.92. The van der Waals surface area contributed by atoms with Gasteiger partial charge in [-0.25, -0.2) is 4.79 Å². The average molecular weight is 271 g/mol. The first-order chi connectivity index (χ1) is 8.63. The zero-order chi connectivity index (χ0) is 13.5. The lowest BCUT2D eigenvalue weighted by Crippen LogP contribution is -2.39. The fourth-order valence-electron chi connectivity index (χ4n) is 1.69. The van der Waals surface area contributed by atoms with Crippen molar-refractivity contribution in [3.8, 4) is 5.75 Å². The minimum absolute atomic E-state index is 0.0954. The van der Waals surface area contributed by atoms with Crippen molar-refractivity contribution in [3.05, 3.63) is 28.8 Å². The van der Waals surface area contributed by atoms with Crippen molar-refractivity contribution < 1.29 is 9.53 Å². The molecular weight excluding hydrogens is 252 g/mol. The first-order valence-corrected chi connectivity index (χ1v) is 6.35. The summed E-state index contributed by atoms with van der Waals surface area (Å²) in [6, 6.07) is 5.33. The average Bonchev–Trinajstić information content (AvgIpc) is 2.38. The lowest BCUT2D eigenvalue weighted by molar-refractivity contribution is 0.202.